The van der Waals surface area contributed by atoms with E-state index in [-0.39, 0.29) is 0 Å². The molecule has 1 saturated carbocycles. The third kappa shape index (κ3) is 3.46. The van der Waals surface area contributed by atoms with Crippen LogP contribution in [0.1, 0.15) is 44.9 Å². The number of likely N-dealkylation sites (N-methyl/N-ethyl adjacent to an activating group) is 3. The summed E-state index contributed by atoms with van der Waals surface area (Å²) in [5, 5.41) is 3.57. The highest BCUT2D eigenvalue weighted by atomic mass is 15.2. The Labute approximate surface area is 113 Å². The molecular weight excluding hydrogens is 222 g/mol. The number of nitrogens with zero attached hydrogens (tertiary/aromatic N) is 2. The first-order valence-electron chi connectivity index (χ1n) is 7.80. The molecule has 0 bridgehead atoms. The maximum Gasteiger partial charge on any atom is 0.0249 e. The Hall–Kier alpha value is -0.120. The van der Waals surface area contributed by atoms with Gasteiger partial charge >= 0.3 is 0 Å². The van der Waals surface area contributed by atoms with Gasteiger partial charge < -0.3 is 10.2 Å². The Morgan fingerprint density at radius 3 is 2.56 bits per heavy atom. The second kappa shape index (κ2) is 6.88. The molecule has 0 amide bonds. The highest BCUT2D eigenvalue weighted by Crippen LogP contribution is 2.25. The molecule has 2 aliphatic rings. The van der Waals surface area contributed by atoms with E-state index in [1.807, 2.05) is 0 Å². The van der Waals surface area contributed by atoms with Gasteiger partial charge in [-0.2, -0.15) is 0 Å². The smallest absolute Gasteiger partial charge is 0.0249 e. The van der Waals surface area contributed by atoms with Crippen molar-refractivity contribution in [2.75, 3.05) is 34.2 Å². The van der Waals surface area contributed by atoms with Gasteiger partial charge in [0.25, 0.3) is 0 Å². The van der Waals surface area contributed by atoms with Crippen molar-refractivity contribution in [2.45, 2.75) is 63.1 Å². The van der Waals surface area contributed by atoms with Gasteiger partial charge in [-0.25, -0.2) is 0 Å². The van der Waals surface area contributed by atoms with Crippen LogP contribution in [-0.2, 0) is 0 Å². The molecule has 3 unspecified atom stereocenters. The lowest BCUT2D eigenvalue weighted by molar-refractivity contribution is 0.0785. The van der Waals surface area contributed by atoms with E-state index in [2.05, 4.69) is 36.3 Å². The van der Waals surface area contributed by atoms with Gasteiger partial charge in [-0.05, 0) is 53.4 Å². The molecule has 0 aromatic heterocycles. The van der Waals surface area contributed by atoms with Crippen LogP contribution in [0.15, 0.2) is 0 Å². The molecular formula is C15H31N3. The highest BCUT2D eigenvalue weighted by molar-refractivity contribution is 4.89. The summed E-state index contributed by atoms with van der Waals surface area (Å²) in [6.07, 6.45) is 9.72. The molecule has 106 valence electrons. The van der Waals surface area contributed by atoms with E-state index >= 15 is 0 Å². The van der Waals surface area contributed by atoms with E-state index in [1.165, 1.54) is 58.0 Å². The van der Waals surface area contributed by atoms with Crippen LogP contribution in [0.3, 0.4) is 0 Å². The van der Waals surface area contributed by atoms with Gasteiger partial charge in [-0.3, -0.25) is 4.90 Å². The van der Waals surface area contributed by atoms with Crippen LogP contribution in [0.25, 0.3) is 0 Å². The molecule has 1 heterocycles. The Morgan fingerprint density at radius 1 is 1.06 bits per heavy atom. The zero-order valence-electron chi connectivity index (χ0n) is 12.5. The van der Waals surface area contributed by atoms with Crippen molar-refractivity contribution >= 4 is 0 Å². The summed E-state index contributed by atoms with van der Waals surface area (Å²) in [7, 11) is 6.77. The molecule has 3 nitrogen and oxygen atoms in total. The second-order valence-corrected chi connectivity index (χ2v) is 6.32. The lowest BCUT2D eigenvalue weighted by atomic mass is 9.97. The second-order valence-electron chi connectivity index (χ2n) is 6.32. The monoisotopic (exact) mass is 253 g/mol. The molecule has 3 heteroatoms. The first-order chi connectivity index (χ1) is 8.72. The maximum absolute atomic E-state index is 3.57. The zero-order valence-corrected chi connectivity index (χ0v) is 12.5. The van der Waals surface area contributed by atoms with Crippen molar-refractivity contribution in [3.8, 4) is 0 Å². The summed E-state index contributed by atoms with van der Waals surface area (Å²) < 4.78 is 0. The van der Waals surface area contributed by atoms with E-state index in [1.54, 1.807) is 0 Å². The Bertz CT molecular complexity index is 244. The molecule has 1 N–H and O–H groups in total. The maximum atomic E-state index is 3.57. The van der Waals surface area contributed by atoms with E-state index in [0.717, 1.165) is 12.1 Å². The van der Waals surface area contributed by atoms with Gasteiger partial charge in [0.15, 0.2) is 0 Å². The van der Waals surface area contributed by atoms with Crippen LogP contribution >= 0.6 is 0 Å². The summed E-state index contributed by atoms with van der Waals surface area (Å²) in [5.41, 5.74) is 0. The zero-order chi connectivity index (χ0) is 13.0. The third-order valence-corrected chi connectivity index (χ3v) is 5.05. The molecule has 1 aliphatic carbocycles. The fourth-order valence-electron chi connectivity index (χ4n) is 3.85. The molecule has 0 spiro atoms. The molecule has 1 aliphatic heterocycles. The number of rotatable bonds is 3. The van der Waals surface area contributed by atoms with Crippen molar-refractivity contribution in [3.05, 3.63) is 0 Å². The first-order valence-corrected chi connectivity index (χ1v) is 7.80. The number of hydrogen-bond donors (Lipinski definition) is 1. The number of piperidine rings is 1. The van der Waals surface area contributed by atoms with E-state index < -0.39 is 0 Å². The predicted octanol–water partition coefficient (Wildman–Crippen LogP) is 1.93. The number of likely N-dealkylation sites (tertiary alicyclic amines) is 1. The molecule has 0 aromatic rings. The molecule has 1 saturated heterocycles. The number of nitrogens with one attached hydrogen (secondary N) is 1. The summed E-state index contributed by atoms with van der Waals surface area (Å²) in [4.78, 5) is 5.19. The Balaban J connectivity index is 1.97. The molecule has 0 aromatic carbocycles. The topological polar surface area (TPSA) is 18.5 Å². The Kier molecular flexibility index (Phi) is 5.46. The van der Waals surface area contributed by atoms with Crippen molar-refractivity contribution < 1.29 is 0 Å². The fourth-order valence-corrected chi connectivity index (χ4v) is 3.85. The molecule has 0 radical (unpaired) electrons. The fraction of sp³-hybridized carbons (Fsp3) is 1.00. The minimum Gasteiger partial charge on any atom is -0.315 e. The van der Waals surface area contributed by atoms with Gasteiger partial charge in [-0.1, -0.05) is 19.3 Å². The summed E-state index contributed by atoms with van der Waals surface area (Å²) >= 11 is 0. The van der Waals surface area contributed by atoms with Crippen LogP contribution in [0.5, 0.6) is 0 Å². The van der Waals surface area contributed by atoms with Crippen molar-refractivity contribution in [3.63, 3.8) is 0 Å². The van der Waals surface area contributed by atoms with Crippen LogP contribution in [0.2, 0.25) is 0 Å². The van der Waals surface area contributed by atoms with Gasteiger partial charge in [0.05, 0.1) is 0 Å². The average Bonchev–Trinajstić information content (AvgIpc) is 2.62. The summed E-state index contributed by atoms with van der Waals surface area (Å²) in [6.45, 7) is 2.54. The van der Waals surface area contributed by atoms with Crippen LogP contribution in [-0.4, -0.2) is 62.2 Å². The van der Waals surface area contributed by atoms with E-state index in [9.17, 15) is 0 Å². The minimum atomic E-state index is 0.699. The van der Waals surface area contributed by atoms with Gasteiger partial charge in [0.2, 0.25) is 0 Å². The van der Waals surface area contributed by atoms with E-state index in [0.29, 0.717) is 6.04 Å². The Morgan fingerprint density at radius 2 is 1.83 bits per heavy atom. The SMILES string of the molecule is CNC1CCCCCC1N(C)C1CCCN(C)C1. The summed E-state index contributed by atoms with van der Waals surface area (Å²) in [5.74, 6) is 0. The predicted molar refractivity (Wildman–Crippen MR) is 78.0 cm³/mol. The van der Waals surface area contributed by atoms with Crippen molar-refractivity contribution in [1.29, 1.82) is 0 Å². The summed E-state index contributed by atoms with van der Waals surface area (Å²) in [6, 6.07) is 2.21. The first kappa shape index (κ1) is 14.3. The van der Waals surface area contributed by atoms with Crippen molar-refractivity contribution in [1.82, 2.24) is 15.1 Å². The van der Waals surface area contributed by atoms with E-state index in [4.69, 9.17) is 0 Å². The average molecular weight is 253 g/mol. The lowest BCUT2D eigenvalue weighted by Crippen LogP contribution is -2.54. The van der Waals surface area contributed by atoms with Crippen LogP contribution in [0, 0.1) is 0 Å². The number of hydrogen-bond acceptors (Lipinski definition) is 3. The largest absolute Gasteiger partial charge is 0.315 e. The van der Waals surface area contributed by atoms with Crippen LogP contribution in [0.4, 0.5) is 0 Å². The normalized spacial score (nSPS) is 35.7. The van der Waals surface area contributed by atoms with Gasteiger partial charge in [0, 0.05) is 24.7 Å². The lowest BCUT2D eigenvalue weighted by Gasteiger charge is -2.42. The molecule has 18 heavy (non-hydrogen) atoms. The quantitative estimate of drug-likeness (QED) is 0.776. The molecule has 2 fully saturated rings. The molecule has 2 rings (SSSR count). The standard InChI is InChI=1S/C15H31N3/c1-16-14-9-5-4-6-10-15(14)18(3)13-8-7-11-17(2)12-13/h13-16H,4-12H2,1-3H3. The van der Waals surface area contributed by atoms with Gasteiger partial charge in [-0.15, -0.1) is 0 Å². The minimum absolute atomic E-state index is 0.699. The highest BCUT2D eigenvalue weighted by Gasteiger charge is 2.31. The van der Waals surface area contributed by atoms with Gasteiger partial charge in [0.1, 0.15) is 0 Å². The molecule has 3 atom stereocenters. The van der Waals surface area contributed by atoms with Crippen LogP contribution < -0.4 is 5.32 Å². The third-order valence-electron chi connectivity index (χ3n) is 5.05. The van der Waals surface area contributed by atoms with Crippen molar-refractivity contribution in [2.24, 2.45) is 0 Å².